The third kappa shape index (κ3) is 6.65. The van der Waals surface area contributed by atoms with Gasteiger partial charge in [-0.05, 0) is 72.6 Å². The van der Waals surface area contributed by atoms with E-state index >= 15 is 0 Å². The Bertz CT molecular complexity index is 1190. The van der Waals surface area contributed by atoms with E-state index in [1.54, 1.807) is 60.7 Å². The third-order valence-electron chi connectivity index (χ3n) is 4.58. The summed E-state index contributed by atoms with van der Waals surface area (Å²) in [6, 6.07) is 19.3. The van der Waals surface area contributed by atoms with Crippen LogP contribution in [0, 0.1) is 0 Å². The van der Waals surface area contributed by atoms with Crippen molar-refractivity contribution >= 4 is 33.3 Å². The van der Waals surface area contributed by atoms with Gasteiger partial charge >= 0.3 is 0 Å². The molecule has 0 aromatic heterocycles. The maximum absolute atomic E-state index is 12.5. The number of nitrogens with one attached hydrogen (secondary N) is 1. The number of benzene rings is 3. The van der Waals surface area contributed by atoms with Crippen molar-refractivity contribution in [1.82, 2.24) is 5.32 Å². The number of ketones is 1. The van der Waals surface area contributed by atoms with Gasteiger partial charge in [0, 0.05) is 22.7 Å². The standard InChI is InChI=1S/C23H21ClN2O5S/c24-19-7-3-17(4-8-19)23(28)18-5-9-20(10-6-18)31-15-22(27)26-14-13-16-1-11-21(12-2-16)32(25,29)30/h1-12H,13-15H2,(H,26,27)(H2,25,29,30). The van der Waals surface area contributed by atoms with Crippen LogP contribution in [0.3, 0.4) is 0 Å². The van der Waals surface area contributed by atoms with E-state index in [0.717, 1.165) is 5.56 Å². The first-order chi connectivity index (χ1) is 15.2. The fourth-order valence-electron chi connectivity index (χ4n) is 2.86. The molecule has 0 bridgehead atoms. The van der Waals surface area contributed by atoms with Gasteiger partial charge in [-0.25, -0.2) is 13.6 Å². The van der Waals surface area contributed by atoms with Crippen molar-refractivity contribution in [3.8, 4) is 5.75 Å². The number of sulfonamides is 1. The minimum absolute atomic E-state index is 0.0413. The zero-order valence-corrected chi connectivity index (χ0v) is 18.5. The molecule has 0 spiro atoms. The van der Waals surface area contributed by atoms with E-state index in [2.05, 4.69) is 5.32 Å². The molecule has 32 heavy (non-hydrogen) atoms. The molecule has 9 heteroatoms. The van der Waals surface area contributed by atoms with Gasteiger partial charge in [0.25, 0.3) is 5.91 Å². The van der Waals surface area contributed by atoms with Crippen LogP contribution in [0.5, 0.6) is 5.75 Å². The smallest absolute Gasteiger partial charge is 0.257 e. The fourth-order valence-corrected chi connectivity index (χ4v) is 3.50. The number of amides is 1. The van der Waals surface area contributed by atoms with Crippen molar-refractivity contribution in [2.75, 3.05) is 13.2 Å². The van der Waals surface area contributed by atoms with Crippen molar-refractivity contribution < 1.29 is 22.7 Å². The molecular weight excluding hydrogens is 452 g/mol. The molecular formula is C23H21ClN2O5S. The molecule has 0 saturated heterocycles. The number of hydrogen-bond donors (Lipinski definition) is 2. The summed E-state index contributed by atoms with van der Waals surface area (Å²) in [7, 11) is -3.72. The first-order valence-corrected chi connectivity index (χ1v) is 11.6. The van der Waals surface area contributed by atoms with Crippen molar-refractivity contribution in [3.05, 3.63) is 94.5 Å². The molecule has 3 rings (SSSR count). The summed E-state index contributed by atoms with van der Waals surface area (Å²) in [5, 5.41) is 8.35. The molecule has 0 saturated carbocycles. The Labute approximate surface area is 191 Å². The number of halogens is 1. The first-order valence-electron chi connectivity index (χ1n) is 9.64. The molecule has 0 aliphatic heterocycles. The van der Waals surface area contributed by atoms with Crippen molar-refractivity contribution in [2.45, 2.75) is 11.3 Å². The van der Waals surface area contributed by atoms with Gasteiger partial charge in [0.15, 0.2) is 12.4 Å². The zero-order valence-electron chi connectivity index (χ0n) is 17.0. The van der Waals surface area contributed by atoms with E-state index in [9.17, 15) is 18.0 Å². The summed E-state index contributed by atoms with van der Waals surface area (Å²) in [5.74, 6) is 0.0296. The van der Waals surface area contributed by atoms with Gasteiger partial charge in [-0.15, -0.1) is 0 Å². The Hall–Kier alpha value is -3.20. The molecule has 3 aromatic carbocycles. The van der Waals surface area contributed by atoms with E-state index in [1.165, 1.54) is 12.1 Å². The number of rotatable bonds is 9. The van der Waals surface area contributed by atoms with Gasteiger partial charge in [0.1, 0.15) is 5.75 Å². The number of nitrogens with two attached hydrogens (primary N) is 1. The lowest BCUT2D eigenvalue weighted by atomic mass is 10.0. The second-order valence-corrected chi connectivity index (χ2v) is 8.94. The van der Waals surface area contributed by atoms with E-state index < -0.39 is 10.0 Å². The van der Waals surface area contributed by atoms with Crippen LogP contribution in [-0.4, -0.2) is 33.3 Å². The van der Waals surface area contributed by atoms with E-state index in [-0.39, 0.29) is 23.2 Å². The second-order valence-electron chi connectivity index (χ2n) is 6.94. The van der Waals surface area contributed by atoms with Crippen LogP contribution < -0.4 is 15.2 Å². The largest absolute Gasteiger partial charge is 0.484 e. The van der Waals surface area contributed by atoms with Crippen LogP contribution in [-0.2, 0) is 21.2 Å². The van der Waals surface area contributed by atoms with E-state index in [1.807, 2.05) is 0 Å². The minimum atomic E-state index is -3.72. The Balaban J connectivity index is 1.43. The van der Waals surface area contributed by atoms with E-state index in [4.69, 9.17) is 21.5 Å². The first kappa shape index (κ1) is 23.5. The monoisotopic (exact) mass is 472 g/mol. The predicted molar refractivity (Wildman–Crippen MR) is 121 cm³/mol. The van der Waals surface area contributed by atoms with Crippen molar-refractivity contribution in [3.63, 3.8) is 0 Å². The molecule has 3 N–H and O–H groups in total. The summed E-state index contributed by atoms with van der Waals surface area (Å²) >= 11 is 5.84. The average molecular weight is 473 g/mol. The maximum atomic E-state index is 12.5. The lowest BCUT2D eigenvalue weighted by Crippen LogP contribution is -2.30. The number of hydrogen-bond acceptors (Lipinski definition) is 5. The normalized spacial score (nSPS) is 11.1. The average Bonchev–Trinajstić information content (AvgIpc) is 2.78. The molecule has 0 fully saturated rings. The third-order valence-corrected chi connectivity index (χ3v) is 5.76. The van der Waals surface area contributed by atoms with E-state index in [0.29, 0.717) is 34.9 Å². The molecule has 3 aromatic rings. The van der Waals surface area contributed by atoms with Gasteiger partial charge in [-0.2, -0.15) is 0 Å². The Kier molecular flexibility index (Phi) is 7.63. The molecule has 166 valence electrons. The highest BCUT2D eigenvalue weighted by Gasteiger charge is 2.10. The maximum Gasteiger partial charge on any atom is 0.257 e. The summed E-state index contributed by atoms with van der Waals surface area (Å²) in [6.07, 6.45) is 0.526. The summed E-state index contributed by atoms with van der Waals surface area (Å²) in [6.45, 7) is 0.195. The lowest BCUT2D eigenvalue weighted by Gasteiger charge is -2.09. The van der Waals surface area contributed by atoms with Crippen LogP contribution in [0.4, 0.5) is 0 Å². The topological polar surface area (TPSA) is 116 Å². The number of primary sulfonamides is 1. The van der Waals surface area contributed by atoms with Crippen molar-refractivity contribution in [1.29, 1.82) is 0 Å². The summed E-state index contributed by atoms with van der Waals surface area (Å²) < 4.78 is 28.0. The second kappa shape index (κ2) is 10.4. The molecule has 0 aliphatic rings. The minimum Gasteiger partial charge on any atom is -0.484 e. The molecule has 7 nitrogen and oxygen atoms in total. The number of ether oxygens (including phenoxy) is 1. The zero-order chi connectivity index (χ0) is 23.1. The Morgan fingerprint density at radius 2 is 1.44 bits per heavy atom. The molecule has 1 amide bonds. The molecule has 0 aliphatic carbocycles. The molecule has 0 radical (unpaired) electrons. The lowest BCUT2D eigenvalue weighted by molar-refractivity contribution is -0.123. The Morgan fingerprint density at radius 3 is 2.00 bits per heavy atom. The van der Waals surface area contributed by atoms with Gasteiger partial charge in [0.05, 0.1) is 4.90 Å². The number of carbonyl (C=O) groups is 2. The van der Waals surface area contributed by atoms with Crippen LogP contribution in [0.15, 0.2) is 77.7 Å². The highest BCUT2D eigenvalue weighted by atomic mass is 35.5. The van der Waals surface area contributed by atoms with Crippen LogP contribution in [0.1, 0.15) is 21.5 Å². The van der Waals surface area contributed by atoms with Crippen molar-refractivity contribution in [2.24, 2.45) is 5.14 Å². The highest BCUT2D eigenvalue weighted by molar-refractivity contribution is 7.89. The van der Waals surface area contributed by atoms with Crippen LogP contribution >= 0.6 is 11.6 Å². The van der Waals surface area contributed by atoms with Gasteiger partial charge in [0.2, 0.25) is 10.0 Å². The highest BCUT2D eigenvalue weighted by Crippen LogP contribution is 2.17. The summed E-state index contributed by atoms with van der Waals surface area (Å²) in [4.78, 5) is 24.5. The SMILES string of the molecule is NS(=O)(=O)c1ccc(CCNC(=O)COc2ccc(C(=O)c3ccc(Cl)cc3)cc2)cc1. The van der Waals surface area contributed by atoms with Gasteiger partial charge in [-0.1, -0.05) is 23.7 Å². The Morgan fingerprint density at radius 1 is 0.875 bits per heavy atom. The fraction of sp³-hybridized carbons (Fsp3) is 0.130. The predicted octanol–water partition coefficient (Wildman–Crippen LogP) is 2.96. The molecule has 0 atom stereocenters. The molecule has 0 heterocycles. The van der Waals surface area contributed by atoms with Gasteiger partial charge in [-0.3, -0.25) is 9.59 Å². The van der Waals surface area contributed by atoms with Crippen LogP contribution in [0.25, 0.3) is 0 Å². The number of carbonyl (C=O) groups excluding carboxylic acids is 2. The van der Waals surface area contributed by atoms with Gasteiger partial charge < -0.3 is 10.1 Å². The summed E-state index contributed by atoms with van der Waals surface area (Å²) in [5.41, 5.74) is 1.89. The molecule has 0 unspecified atom stereocenters. The van der Waals surface area contributed by atoms with Crippen LogP contribution in [0.2, 0.25) is 5.02 Å². The quantitative estimate of drug-likeness (QED) is 0.464.